The van der Waals surface area contributed by atoms with E-state index >= 15 is 0 Å². The zero-order valence-electron chi connectivity index (χ0n) is 14.3. The molecule has 2 heterocycles. The summed E-state index contributed by atoms with van der Waals surface area (Å²) in [6.07, 6.45) is 2.73. The minimum Gasteiger partial charge on any atom is -0.366 e. The van der Waals surface area contributed by atoms with Gasteiger partial charge in [0, 0.05) is 37.4 Å². The number of pyridine rings is 1. The second-order valence-corrected chi connectivity index (χ2v) is 6.55. The van der Waals surface area contributed by atoms with Gasteiger partial charge < -0.3 is 15.1 Å². The molecule has 5 nitrogen and oxygen atoms in total. The molecule has 0 unspecified atom stereocenters. The highest BCUT2D eigenvalue weighted by molar-refractivity contribution is 6.31. The van der Waals surface area contributed by atoms with Crippen molar-refractivity contribution in [1.82, 2.24) is 15.2 Å². The molecule has 0 saturated carbocycles. The van der Waals surface area contributed by atoms with Gasteiger partial charge in [-0.1, -0.05) is 17.7 Å². The Labute approximate surface area is 155 Å². The SMILES string of the molecule is C[C@@H](NC(=O)N1CCN(c2ccncc2F)CC1)c1ccc(F)cc1Cl. The lowest BCUT2D eigenvalue weighted by molar-refractivity contribution is 0.191. The fourth-order valence-corrected chi connectivity index (χ4v) is 3.31. The molecule has 0 bridgehead atoms. The summed E-state index contributed by atoms with van der Waals surface area (Å²) in [7, 11) is 0. The molecule has 8 heteroatoms. The van der Waals surface area contributed by atoms with Crippen LogP contribution in [0.15, 0.2) is 36.7 Å². The maximum absolute atomic E-state index is 13.8. The Kier molecular flexibility index (Phi) is 5.56. The molecule has 26 heavy (non-hydrogen) atoms. The highest BCUT2D eigenvalue weighted by Gasteiger charge is 2.24. The van der Waals surface area contributed by atoms with Crippen molar-refractivity contribution in [3.63, 3.8) is 0 Å². The van der Waals surface area contributed by atoms with E-state index in [4.69, 9.17) is 11.6 Å². The van der Waals surface area contributed by atoms with Crippen molar-refractivity contribution in [1.29, 1.82) is 0 Å². The topological polar surface area (TPSA) is 48.5 Å². The van der Waals surface area contributed by atoms with Crippen molar-refractivity contribution in [2.24, 2.45) is 0 Å². The average molecular weight is 381 g/mol. The van der Waals surface area contributed by atoms with Crippen molar-refractivity contribution in [3.05, 3.63) is 58.9 Å². The summed E-state index contributed by atoms with van der Waals surface area (Å²) in [5, 5.41) is 3.14. The van der Waals surface area contributed by atoms with Crippen molar-refractivity contribution in [2.75, 3.05) is 31.1 Å². The molecular weight excluding hydrogens is 362 g/mol. The fourth-order valence-electron chi connectivity index (χ4n) is 2.98. The molecule has 3 rings (SSSR count). The Balaban J connectivity index is 1.57. The van der Waals surface area contributed by atoms with E-state index in [1.807, 2.05) is 4.90 Å². The molecule has 2 aromatic rings. The molecular formula is C18H19ClF2N4O. The summed E-state index contributed by atoms with van der Waals surface area (Å²) in [5.41, 5.74) is 1.14. The van der Waals surface area contributed by atoms with Crippen LogP contribution in [-0.2, 0) is 0 Å². The van der Waals surface area contributed by atoms with Gasteiger partial charge in [0.1, 0.15) is 5.82 Å². The number of hydrogen-bond donors (Lipinski definition) is 1. The third-order valence-corrected chi connectivity index (χ3v) is 4.75. The lowest BCUT2D eigenvalue weighted by Crippen LogP contribution is -2.52. The first kappa shape index (κ1) is 18.4. The number of carbonyl (C=O) groups is 1. The highest BCUT2D eigenvalue weighted by atomic mass is 35.5. The van der Waals surface area contributed by atoms with Gasteiger partial charge in [-0.3, -0.25) is 4.98 Å². The van der Waals surface area contributed by atoms with E-state index in [1.54, 1.807) is 30.2 Å². The van der Waals surface area contributed by atoms with Crippen LogP contribution in [0.5, 0.6) is 0 Å². The number of anilines is 1. The number of rotatable bonds is 3. The Bertz CT molecular complexity index is 797. The van der Waals surface area contributed by atoms with E-state index in [9.17, 15) is 13.6 Å². The quantitative estimate of drug-likeness (QED) is 0.885. The van der Waals surface area contributed by atoms with Crippen LogP contribution in [-0.4, -0.2) is 42.1 Å². The molecule has 1 aromatic carbocycles. The lowest BCUT2D eigenvalue weighted by Gasteiger charge is -2.36. The van der Waals surface area contributed by atoms with Gasteiger partial charge >= 0.3 is 6.03 Å². The van der Waals surface area contributed by atoms with Gasteiger partial charge in [0.25, 0.3) is 0 Å². The zero-order valence-corrected chi connectivity index (χ0v) is 15.0. The summed E-state index contributed by atoms with van der Waals surface area (Å²) in [6.45, 7) is 3.79. The Morgan fingerprint density at radius 2 is 1.96 bits per heavy atom. The lowest BCUT2D eigenvalue weighted by atomic mass is 10.1. The molecule has 0 spiro atoms. The number of aromatic nitrogens is 1. The number of nitrogens with zero attached hydrogens (tertiary/aromatic N) is 3. The van der Waals surface area contributed by atoms with Gasteiger partial charge in [-0.15, -0.1) is 0 Å². The second kappa shape index (κ2) is 7.86. The predicted molar refractivity (Wildman–Crippen MR) is 96.3 cm³/mol. The fraction of sp³-hybridized carbons (Fsp3) is 0.333. The number of carbonyl (C=O) groups excluding carboxylic acids is 1. The van der Waals surface area contributed by atoms with E-state index < -0.39 is 5.82 Å². The molecule has 1 N–H and O–H groups in total. The monoisotopic (exact) mass is 380 g/mol. The Morgan fingerprint density at radius 1 is 1.23 bits per heavy atom. The van der Waals surface area contributed by atoms with Gasteiger partial charge in [0.2, 0.25) is 0 Å². The van der Waals surface area contributed by atoms with E-state index in [2.05, 4.69) is 10.3 Å². The molecule has 138 valence electrons. The maximum atomic E-state index is 13.8. The summed E-state index contributed by atoms with van der Waals surface area (Å²) in [6, 6.07) is 5.14. The van der Waals surface area contributed by atoms with Gasteiger partial charge in [0.15, 0.2) is 5.82 Å². The minimum absolute atomic E-state index is 0.229. The summed E-state index contributed by atoms with van der Waals surface area (Å²) >= 11 is 6.04. The van der Waals surface area contributed by atoms with Crippen molar-refractivity contribution < 1.29 is 13.6 Å². The van der Waals surface area contributed by atoms with Crippen LogP contribution in [0.25, 0.3) is 0 Å². The second-order valence-electron chi connectivity index (χ2n) is 6.14. The van der Waals surface area contributed by atoms with Crippen LogP contribution in [0.3, 0.4) is 0 Å². The summed E-state index contributed by atoms with van der Waals surface area (Å²) < 4.78 is 27.0. The molecule has 1 aliphatic heterocycles. The number of benzene rings is 1. The summed E-state index contributed by atoms with van der Waals surface area (Å²) in [4.78, 5) is 19.8. The molecule has 1 aromatic heterocycles. The van der Waals surface area contributed by atoms with Crippen LogP contribution >= 0.6 is 11.6 Å². The molecule has 1 fully saturated rings. The molecule has 1 saturated heterocycles. The number of amides is 2. The number of nitrogens with one attached hydrogen (secondary N) is 1. The van der Waals surface area contributed by atoms with Crippen LogP contribution in [0.1, 0.15) is 18.5 Å². The van der Waals surface area contributed by atoms with Gasteiger partial charge in [-0.05, 0) is 30.7 Å². The molecule has 1 atom stereocenters. The van der Waals surface area contributed by atoms with Crippen LogP contribution in [0, 0.1) is 11.6 Å². The average Bonchev–Trinajstić information content (AvgIpc) is 2.62. The number of urea groups is 1. The largest absolute Gasteiger partial charge is 0.366 e. The number of halogens is 3. The maximum Gasteiger partial charge on any atom is 0.317 e. The Morgan fingerprint density at radius 3 is 2.62 bits per heavy atom. The van der Waals surface area contributed by atoms with Crippen molar-refractivity contribution in [2.45, 2.75) is 13.0 Å². The smallest absolute Gasteiger partial charge is 0.317 e. The first-order chi connectivity index (χ1) is 12.5. The third kappa shape index (κ3) is 4.04. The van der Waals surface area contributed by atoms with Crippen molar-refractivity contribution in [3.8, 4) is 0 Å². The standard InChI is InChI=1S/C18H19ClF2N4O/c1-12(14-3-2-13(20)10-15(14)19)23-18(26)25-8-6-24(7-9-25)17-4-5-22-11-16(17)21/h2-5,10-12H,6-9H2,1H3,(H,23,26)/t12-/m1/s1. The van der Waals surface area contributed by atoms with Crippen LogP contribution < -0.4 is 10.2 Å². The van der Waals surface area contributed by atoms with Crippen LogP contribution in [0.2, 0.25) is 5.02 Å². The van der Waals surface area contributed by atoms with Crippen molar-refractivity contribution >= 4 is 23.3 Å². The van der Waals surface area contributed by atoms with Crippen LogP contribution in [0.4, 0.5) is 19.3 Å². The summed E-state index contributed by atoms with van der Waals surface area (Å²) in [5.74, 6) is -0.790. The molecule has 0 aliphatic carbocycles. The third-order valence-electron chi connectivity index (χ3n) is 4.43. The van der Waals surface area contributed by atoms with Gasteiger partial charge in [0.05, 0.1) is 17.9 Å². The number of piperazine rings is 1. The first-order valence-electron chi connectivity index (χ1n) is 8.30. The van der Waals surface area contributed by atoms with E-state index in [1.165, 1.54) is 18.3 Å². The zero-order chi connectivity index (χ0) is 18.7. The first-order valence-corrected chi connectivity index (χ1v) is 8.68. The number of hydrogen-bond acceptors (Lipinski definition) is 3. The molecule has 1 aliphatic rings. The van der Waals surface area contributed by atoms with Gasteiger partial charge in [-0.2, -0.15) is 0 Å². The normalized spacial score (nSPS) is 15.7. The van der Waals surface area contributed by atoms with E-state index in [-0.39, 0.29) is 22.9 Å². The Hall–Kier alpha value is -2.41. The van der Waals surface area contributed by atoms with Gasteiger partial charge in [-0.25, -0.2) is 13.6 Å². The van der Waals surface area contributed by atoms with E-state index in [0.29, 0.717) is 37.4 Å². The highest BCUT2D eigenvalue weighted by Crippen LogP contribution is 2.24. The van der Waals surface area contributed by atoms with E-state index in [0.717, 1.165) is 0 Å². The predicted octanol–water partition coefficient (Wildman–Crippen LogP) is 3.61. The molecule has 2 amide bonds. The minimum atomic E-state index is -0.420. The molecule has 0 radical (unpaired) electrons.